The number of aromatic nitrogens is 3. The van der Waals surface area contributed by atoms with E-state index in [1.807, 2.05) is 30.6 Å². The summed E-state index contributed by atoms with van der Waals surface area (Å²) >= 11 is 5.84. The Hall–Kier alpha value is -3.51. The van der Waals surface area contributed by atoms with E-state index in [-0.39, 0.29) is 12.1 Å². The van der Waals surface area contributed by atoms with Gasteiger partial charge in [0.15, 0.2) is 5.11 Å². The second-order valence-corrected chi connectivity index (χ2v) is 8.90. The first-order chi connectivity index (χ1) is 16.1. The Balaban J connectivity index is 1.56. The molecule has 2 unspecified atom stereocenters. The van der Waals surface area contributed by atoms with Crippen molar-refractivity contribution in [3.63, 3.8) is 0 Å². The topological polar surface area (TPSA) is 46.0 Å². The minimum atomic E-state index is -0.0268. The van der Waals surface area contributed by atoms with E-state index in [9.17, 15) is 0 Å². The van der Waals surface area contributed by atoms with Crippen molar-refractivity contribution in [1.29, 1.82) is 0 Å². The summed E-state index contributed by atoms with van der Waals surface area (Å²) in [5, 5.41) is 4.30. The maximum Gasteiger partial charge on any atom is 0.170 e. The number of nitrogens with one attached hydrogen (secondary N) is 1. The zero-order chi connectivity index (χ0) is 22.8. The molecule has 5 nitrogen and oxygen atoms in total. The minimum absolute atomic E-state index is 0.0268. The van der Waals surface area contributed by atoms with Crippen molar-refractivity contribution in [2.45, 2.75) is 39.0 Å². The van der Waals surface area contributed by atoms with Crippen LogP contribution in [-0.4, -0.2) is 24.5 Å². The monoisotopic (exact) mass is 453 g/mol. The Kier molecular flexibility index (Phi) is 5.92. The largest absolute Gasteiger partial charge is 0.352 e. The third-order valence-corrected chi connectivity index (χ3v) is 6.74. The molecule has 1 aromatic carbocycles. The molecule has 4 heterocycles. The molecule has 0 saturated carbocycles. The molecule has 2 atom stereocenters. The molecule has 0 aliphatic carbocycles. The lowest BCUT2D eigenvalue weighted by atomic mass is 9.96. The lowest BCUT2D eigenvalue weighted by molar-refractivity contribution is 0.309. The van der Waals surface area contributed by atoms with Crippen LogP contribution in [0.3, 0.4) is 0 Å². The predicted octanol–water partition coefficient (Wildman–Crippen LogP) is 5.12. The van der Waals surface area contributed by atoms with Crippen LogP contribution in [0.5, 0.6) is 0 Å². The molecule has 4 aromatic rings. The standard InChI is InChI=1S/C27H27N5S/c1-19-15-23(20(2)31(19)17-21-9-4-3-5-10-21)26-25(24-12-6-7-14-29-24)30-27(33)32(26)18-22-11-8-13-28-16-22/h3-16,25-26H,17-18H2,1-2H3,(H,30,33). The molecule has 0 spiro atoms. The van der Waals surface area contributed by atoms with E-state index in [1.54, 1.807) is 6.20 Å². The molecule has 6 heteroatoms. The first-order valence-electron chi connectivity index (χ1n) is 11.2. The van der Waals surface area contributed by atoms with Gasteiger partial charge in [0.2, 0.25) is 0 Å². The number of rotatable bonds is 6. The minimum Gasteiger partial charge on any atom is -0.352 e. The first kappa shape index (κ1) is 21.3. The third kappa shape index (κ3) is 4.26. The van der Waals surface area contributed by atoms with Crippen molar-refractivity contribution >= 4 is 17.3 Å². The SMILES string of the molecule is Cc1cc(C2C(c3ccccn3)NC(=S)N2Cc2cccnc2)c(C)n1Cc1ccccc1. The van der Waals surface area contributed by atoms with Crippen LogP contribution < -0.4 is 5.32 Å². The maximum absolute atomic E-state index is 5.84. The number of benzene rings is 1. The van der Waals surface area contributed by atoms with Crippen molar-refractivity contribution in [2.24, 2.45) is 0 Å². The van der Waals surface area contributed by atoms with Gasteiger partial charge in [-0.1, -0.05) is 42.5 Å². The third-order valence-electron chi connectivity index (χ3n) is 6.39. The summed E-state index contributed by atoms with van der Waals surface area (Å²) in [6.45, 7) is 5.93. The second-order valence-electron chi connectivity index (χ2n) is 8.51. The Labute approximate surface area is 200 Å². The van der Waals surface area contributed by atoms with Crippen LogP contribution in [0, 0.1) is 13.8 Å². The van der Waals surface area contributed by atoms with Crippen LogP contribution in [-0.2, 0) is 13.1 Å². The van der Waals surface area contributed by atoms with Crippen LogP contribution in [0.15, 0.2) is 85.3 Å². The highest BCUT2D eigenvalue weighted by Crippen LogP contribution is 2.41. The highest BCUT2D eigenvalue weighted by Gasteiger charge is 2.41. The van der Waals surface area contributed by atoms with Gasteiger partial charge < -0.3 is 14.8 Å². The Bertz CT molecular complexity index is 1240. The Morgan fingerprint density at radius 3 is 2.42 bits per heavy atom. The molecule has 3 aromatic heterocycles. The van der Waals surface area contributed by atoms with Crippen molar-refractivity contribution < 1.29 is 0 Å². The van der Waals surface area contributed by atoms with Crippen molar-refractivity contribution in [1.82, 2.24) is 24.8 Å². The van der Waals surface area contributed by atoms with Gasteiger partial charge in [-0.25, -0.2) is 0 Å². The maximum atomic E-state index is 5.84. The van der Waals surface area contributed by atoms with Gasteiger partial charge in [-0.2, -0.15) is 0 Å². The van der Waals surface area contributed by atoms with Gasteiger partial charge in [-0.05, 0) is 67.0 Å². The molecule has 0 bridgehead atoms. The van der Waals surface area contributed by atoms with Gasteiger partial charge >= 0.3 is 0 Å². The van der Waals surface area contributed by atoms with Crippen LogP contribution in [0.4, 0.5) is 0 Å². The quantitative estimate of drug-likeness (QED) is 0.411. The second kappa shape index (κ2) is 9.16. The van der Waals surface area contributed by atoms with Crippen LogP contribution >= 0.6 is 12.2 Å². The molecular weight excluding hydrogens is 426 g/mol. The predicted molar refractivity (Wildman–Crippen MR) is 135 cm³/mol. The van der Waals surface area contributed by atoms with Crippen LogP contribution in [0.2, 0.25) is 0 Å². The highest BCUT2D eigenvalue weighted by molar-refractivity contribution is 7.80. The van der Waals surface area contributed by atoms with Crippen molar-refractivity contribution in [3.8, 4) is 0 Å². The lowest BCUT2D eigenvalue weighted by Gasteiger charge is -2.28. The number of hydrogen-bond acceptors (Lipinski definition) is 3. The molecule has 1 aliphatic rings. The number of pyridine rings is 2. The van der Waals surface area contributed by atoms with Crippen LogP contribution in [0.1, 0.15) is 45.9 Å². The van der Waals surface area contributed by atoms with Gasteiger partial charge in [0.25, 0.3) is 0 Å². The summed E-state index contributed by atoms with van der Waals surface area (Å²) in [6, 6.07) is 23.0. The molecule has 5 rings (SSSR count). The van der Waals surface area contributed by atoms with Gasteiger partial charge in [0.05, 0.1) is 17.8 Å². The summed E-state index contributed by atoms with van der Waals surface area (Å²) in [7, 11) is 0. The van der Waals surface area contributed by atoms with E-state index in [2.05, 4.69) is 87.1 Å². The van der Waals surface area contributed by atoms with Crippen molar-refractivity contribution in [3.05, 3.63) is 119 Å². The van der Waals surface area contributed by atoms with Gasteiger partial charge in [0, 0.05) is 43.1 Å². The van der Waals surface area contributed by atoms with Gasteiger partial charge in [0.1, 0.15) is 0 Å². The summed E-state index contributed by atoms with van der Waals surface area (Å²) < 4.78 is 2.39. The van der Waals surface area contributed by atoms with E-state index in [4.69, 9.17) is 12.2 Å². The summed E-state index contributed by atoms with van der Waals surface area (Å²) in [5.74, 6) is 0. The smallest absolute Gasteiger partial charge is 0.170 e. The fourth-order valence-electron chi connectivity index (χ4n) is 4.74. The fraction of sp³-hybridized carbons (Fsp3) is 0.222. The molecule has 166 valence electrons. The Morgan fingerprint density at radius 1 is 0.909 bits per heavy atom. The van der Waals surface area contributed by atoms with Gasteiger partial charge in [-0.15, -0.1) is 0 Å². The summed E-state index contributed by atoms with van der Waals surface area (Å²) in [4.78, 5) is 11.3. The molecular formula is C27H27N5S. The van der Waals surface area contributed by atoms with Gasteiger partial charge in [-0.3, -0.25) is 9.97 Å². The fourth-order valence-corrected chi connectivity index (χ4v) is 5.04. The zero-order valence-corrected chi connectivity index (χ0v) is 19.7. The van der Waals surface area contributed by atoms with E-state index in [0.717, 1.165) is 22.9 Å². The molecule has 33 heavy (non-hydrogen) atoms. The lowest BCUT2D eigenvalue weighted by Crippen LogP contribution is -2.29. The number of nitrogens with zero attached hydrogens (tertiary/aromatic N) is 4. The zero-order valence-electron chi connectivity index (χ0n) is 18.8. The first-order valence-corrected chi connectivity index (χ1v) is 11.6. The molecule has 0 radical (unpaired) electrons. The van der Waals surface area contributed by atoms with E-state index in [0.29, 0.717) is 6.54 Å². The molecule has 1 N–H and O–H groups in total. The Morgan fingerprint density at radius 2 is 1.70 bits per heavy atom. The number of aryl methyl sites for hydroxylation is 1. The highest BCUT2D eigenvalue weighted by atomic mass is 32.1. The van der Waals surface area contributed by atoms with Crippen molar-refractivity contribution in [2.75, 3.05) is 0 Å². The average molecular weight is 454 g/mol. The molecule has 1 fully saturated rings. The normalized spacial score (nSPS) is 17.9. The molecule has 1 saturated heterocycles. The average Bonchev–Trinajstić information content (AvgIpc) is 3.31. The van der Waals surface area contributed by atoms with E-state index >= 15 is 0 Å². The molecule has 0 amide bonds. The van der Waals surface area contributed by atoms with E-state index < -0.39 is 0 Å². The number of hydrogen-bond donors (Lipinski definition) is 1. The summed E-state index contributed by atoms with van der Waals surface area (Å²) in [6.07, 6.45) is 5.56. The molecule has 1 aliphatic heterocycles. The van der Waals surface area contributed by atoms with Crippen LogP contribution in [0.25, 0.3) is 0 Å². The van der Waals surface area contributed by atoms with E-state index in [1.165, 1.54) is 22.5 Å². The summed E-state index contributed by atoms with van der Waals surface area (Å²) in [5.41, 5.74) is 7.18. The number of thiocarbonyl (C=S) groups is 1.